The van der Waals surface area contributed by atoms with Gasteiger partial charge in [-0.2, -0.15) is 18.3 Å². The van der Waals surface area contributed by atoms with Gasteiger partial charge in [-0.1, -0.05) is 29.8 Å². The standard InChI is InChI=1S/C13H11ClF3N3O/c1-7-5-3-4-6-8(7)12(21)18-11-9(14)10(13(15,16)17)19-20(11)2/h3-6H,1-2H3,(H,18,21). The fraction of sp³-hybridized carbons (Fsp3) is 0.231. The van der Waals surface area contributed by atoms with Crippen molar-refractivity contribution in [2.75, 3.05) is 5.32 Å². The van der Waals surface area contributed by atoms with Gasteiger partial charge in [-0.25, -0.2) is 0 Å². The molecule has 1 heterocycles. The third-order valence-electron chi connectivity index (χ3n) is 2.88. The smallest absolute Gasteiger partial charge is 0.306 e. The predicted molar refractivity (Wildman–Crippen MR) is 72.4 cm³/mol. The summed E-state index contributed by atoms with van der Waals surface area (Å²) in [5, 5.41) is 5.02. The van der Waals surface area contributed by atoms with E-state index >= 15 is 0 Å². The topological polar surface area (TPSA) is 46.9 Å². The average molecular weight is 318 g/mol. The summed E-state index contributed by atoms with van der Waals surface area (Å²) in [6.07, 6.45) is -4.68. The Balaban J connectivity index is 2.35. The Bertz CT molecular complexity index is 694. The van der Waals surface area contributed by atoms with Crippen LogP contribution in [0.2, 0.25) is 5.02 Å². The van der Waals surface area contributed by atoms with Gasteiger partial charge < -0.3 is 5.32 Å². The van der Waals surface area contributed by atoms with Gasteiger partial charge in [-0.3, -0.25) is 9.48 Å². The van der Waals surface area contributed by atoms with E-state index in [2.05, 4.69) is 10.4 Å². The molecule has 1 aromatic carbocycles. The van der Waals surface area contributed by atoms with Crippen LogP contribution in [0.25, 0.3) is 0 Å². The summed E-state index contributed by atoms with van der Waals surface area (Å²) in [5.41, 5.74) is -0.181. The monoisotopic (exact) mass is 317 g/mol. The number of nitrogens with one attached hydrogen (secondary N) is 1. The Hall–Kier alpha value is -2.02. The lowest BCUT2D eigenvalue weighted by Crippen LogP contribution is -2.15. The molecule has 0 fully saturated rings. The lowest BCUT2D eigenvalue weighted by molar-refractivity contribution is -0.141. The SMILES string of the molecule is Cc1ccccc1C(=O)Nc1c(Cl)c(C(F)(F)F)nn1C. The molecule has 2 aromatic rings. The highest BCUT2D eigenvalue weighted by Crippen LogP contribution is 2.37. The minimum atomic E-state index is -4.68. The van der Waals surface area contributed by atoms with Gasteiger partial charge in [-0.05, 0) is 18.6 Å². The molecular weight excluding hydrogens is 307 g/mol. The second-order valence-electron chi connectivity index (χ2n) is 4.40. The van der Waals surface area contributed by atoms with E-state index in [1.165, 1.54) is 7.05 Å². The van der Waals surface area contributed by atoms with E-state index in [0.29, 0.717) is 11.1 Å². The van der Waals surface area contributed by atoms with Gasteiger partial charge in [-0.15, -0.1) is 0 Å². The molecule has 0 saturated carbocycles. The fourth-order valence-corrected chi connectivity index (χ4v) is 2.13. The molecule has 1 aromatic heterocycles. The zero-order valence-corrected chi connectivity index (χ0v) is 11.9. The quantitative estimate of drug-likeness (QED) is 0.919. The summed E-state index contributed by atoms with van der Waals surface area (Å²) in [4.78, 5) is 12.1. The molecular formula is C13H11ClF3N3O. The van der Waals surface area contributed by atoms with Gasteiger partial charge in [0.1, 0.15) is 5.02 Å². The van der Waals surface area contributed by atoms with Crippen LogP contribution in [-0.2, 0) is 13.2 Å². The molecule has 0 saturated heterocycles. The van der Waals surface area contributed by atoms with Crippen molar-refractivity contribution in [1.29, 1.82) is 0 Å². The van der Waals surface area contributed by atoms with E-state index in [9.17, 15) is 18.0 Å². The van der Waals surface area contributed by atoms with Gasteiger partial charge in [0.25, 0.3) is 5.91 Å². The number of aromatic nitrogens is 2. The molecule has 1 amide bonds. The van der Waals surface area contributed by atoms with Crippen molar-refractivity contribution >= 4 is 23.3 Å². The number of carbonyl (C=O) groups excluding carboxylic acids is 1. The number of aryl methyl sites for hydroxylation is 2. The number of rotatable bonds is 2. The van der Waals surface area contributed by atoms with Crippen LogP contribution in [0.15, 0.2) is 24.3 Å². The number of halogens is 4. The first-order chi connectivity index (χ1) is 9.71. The van der Waals surface area contributed by atoms with Crippen molar-refractivity contribution in [3.05, 3.63) is 46.1 Å². The lowest BCUT2D eigenvalue weighted by atomic mass is 10.1. The minimum absolute atomic E-state index is 0.197. The molecule has 4 nitrogen and oxygen atoms in total. The molecule has 0 aliphatic rings. The molecule has 112 valence electrons. The summed E-state index contributed by atoms with van der Waals surface area (Å²) in [5.74, 6) is -0.746. The summed E-state index contributed by atoms with van der Waals surface area (Å²) >= 11 is 5.67. The number of benzene rings is 1. The maximum atomic E-state index is 12.7. The van der Waals surface area contributed by atoms with Crippen molar-refractivity contribution in [3.63, 3.8) is 0 Å². The third-order valence-corrected chi connectivity index (χ3v) is 3.24. The van der Waals surface area contributed by atoms with Crippen molar-refractivity contribution in [2.24, 2.45) is 7.05 Å². The number of nitrogens with zero attached hydrogens (tertiary/aromatic N) is 2. The van der Waals surface area contributed by atoms with Gasteiger partial charge in [0.15, 0.2) is 11.5 Å². The maximum Gasteiger partial charge on any atom is 0.436 e. The highest BCUT2D eigenvalue weighted by Gasteiger charge is 2.38. The van der Waals surface area contributed by atoms with Crippen LogP contribution in [0, 0.1) is 6.92 Å². The zero-order chi connectivity index (χ0) is 15.8. The number of carbonyl (C=O) groups is 1. The first kappa shape index (κ1) is 15.4. The Kier molecular flexibility index (Phi) is 3.95. The molecule has 0 bridgehead atoms. The van der Waals surface area contributed by atoms with Crippen LogP contribution in [0.1, 0.15) is 21.6 Å². The molecule has 0 unspecified atom stereocenters. The van der Waals surface area contributed by atoms with E-state index in [0.717, 1.165) is 4.68 Å². The number of hydrogen-bond donors (Lipinski definition) is 1. The molecule has 8 heteroatoms. The average Bonchev–Trinajstić information content (AvgIpc) is 2.67. The maximum absolute atomic E-state index is 12.7. The highest BCUT2D eigenvalue weighted by atomic mass is 35.5. The first-order valence-electron chi connectivity index (χ1n) is 5.88. The molecule has 21 heavy (non-hydrogen) atoms. The van der Waals surface area contributed by atoms with Gasteiger partial charge in [0.2, 0.25) is 0 Å². The normalized spacial score (nSPS) is 11.5. The van der Waals surface area contributed by atoms with Crippen LogP contribution in [0.5, 0.6) is 0 Å². The highest BCUT2D eigenvalue weighted by molar-refractivity contribution is 6.34. The van der Waals surface area contributed by atoms with Gasteiger partial charge in [0.05, 0.1) is 0 Å². The van der Waals surface area contributed by atoms with E-state index in [-0.39, 0.29) is 5.82 Å². The summed E-state index contributed by atoms with van der Waals surface area (Å²) < 4.78 is 39.0. The molecule has 0 atom stereocenters. The fourth-order valence-electron chi connectivity index (χ4n) is 1.82. The second-order valence-corrected chi connectivity index (χ2v) is 4.78. The minimum Gasteiger partial charge on any atom is -0.306 e. The number of alkyl halides is 3. The van der Waals surface area contributed by atoms with E-state index in [1.807, 2.05) is 0 Å². The Morgan fingerprint density at radius 2 is 1.95 bits per heavy atom. The molecule has 0 aliphatic heterocycles. The van der Waals surface area contributed by atoms with Crippen LogP contribution >= 0.6 is 11.6 Å². The summed E-state index contributed by atoms with van der Waals surface area (Å²) in [7, 11) is 1.27. The number of hydrogen-bond acceptors (Lipinski definition) is 2. The molecule has 0 aliphatic carbocycles. The van der Waals surface area contributed by atoms with Crippen molar-refractivity contribution in [3.8, 4) is 0 Å². The van der Waals surface area contributed by atoms with Gasteiger partial charge in [0, 0.05) is 12.6 Å². The molecule has 0 spiro atoms. The second kappa shape index (κ2) is 5.40. The zero-order valence-electron chi connectivity index (χ0n) is 11.1. The van der Waals surface area contributed by atoms with E-state index in [4.69, 9.17) is 11.6 Å². The molecule has 2 rings (SSSR count). The molecule has 0 radical (unpaired) electrons. The Morgan fingerprint density at radius 1 is 1.33 bits per heavy atom. The third kappa shape index (κ3) is 3.02. The predicted octanol–water partition coefficient (Wildman–Crippen LogP) is 3.65. The van der Waals surface area contributed by atoms with Crippen LogP contribution in [0.4, 0.5) is 19.0 Å². The Morgan fingerprint density at radius 3 is 2.48 bits per heavy atom. The van der Waals surface area contributed by atoms with Crippen LogP contribution in [0.3, 0.4) is 0 Å². The molecule has 1 N–H and O–H groups in total. The van der Waals surface area contributed by atoms with Crippen LogP contribution < -0.4 is 5.32 Å². The lowest BCUT2D eigenvalue weighted by Gasteiger charge is -2.08. The first-order valence-corrected chi connectivity index (χ1v) is 6.26. The Labute approximate surface area is 123 Å². The van der Waals surface area contributed by atoms with E-state index < -0.39 is 22.8 Å². The summed E-state index contributed by atoms with van der Waals surface area (Å²) in [6, 6.07) is 6.71. The number of anilines is 1. The van der Waals surface area contributed by atoms with Crippen molar-refractivity contribution in [2.45, 2.75) is 13.1 Å². The summed E-state index contributed by atoms with van der Waals surface area (Å²) in [6.45, 7) is 1.72. The largest absolute Gasteiger partial charge is 0.436 e. The van der Waals surface area contributed by atoms with Crippen molar-refractivity contribution < 1.29 is 18.0 Å². The number of amides is 1. The van der Waals surface area contributed by atoms with E-state index in [1.54, 1.807) is 31.2 Å². The van der Waals surface area contributed by atoms with Crippen LogP contribution in [-0.4, -0.2) is 15.7 Å². The van der Waals surface area contributed by atoms with Gasteiger partial charge >= 0.3 is 6.18 Å². The van der Waals surface area contributed by atoms with Crippen molar-refractivity contribution in [1.82, 2.24) is 9.78 Å².